The van der Waals surface area contributed by atoms with Crippen molar-refractivity contribution >= 4 is 34.1 Å². The van der Waals surface area contributed by atoms with Crippen molar-refractivity contribution in [2.75, 3.05) is 5.32 Å². The molecular formula is C15H17ClN2O2. The number of pyridine rings is 1. The van der Waals surface area contributed by atoms with E-state index in [2.05, 4.69) is 17.2 Å². The van der Waals surface area contributed by atoms with E-state index in [0.29, 0.717) is 28.0 Å². The molecule has 2 rings (SSSR count). The van der Waals surface area contributed by atoms with Gasteiger partial charge in [0, 0.05) is 6.42 Å². The van der Waals surface area contributed by atoms with Gasteiger partial charge in [-0.15, -0.1) is 0 Å². The lowest BCUT2D eigenvalue weighted by molar-refractivity contribution is -0.116. The van der Waals surface area contributed by atoms with Crippen LogP contribution >= 0.6 is 11.6 Å². The first kappa shape index (κ1) is 14.6. The topological polar surface area (TPSA) is 62.2 Å². The molecule has 0 saturated carbocycles. The number of halogens is 1. The van der Waals surface area contributed by atoms with Gasteiger partial charge in [0.05, 0.1) is 22.1 Å². The molecule has 0 fully saturated rings. The van der Waals surface area contributed by atoms with Crippen LogP contribution in [-0.2, 0) is 4.79 Å². The van der Waals surface area contributed by atoms with E-state index in [4.69, 9.17) is 11.6 Å². The number of nitrogens with zero attached hydrogens (tertiary/aromatic N) is 1. The van der Waals surface area contributed by atoms with Crippen LogP contribution in [-0.4, -0.2) is 16.0 Å². The quantitative estimate of drug-likeness (QED) is 0.815. The number of fused-ring (bicyclic) bond motifs is 1. The highest BCUT2D eigenvalue weighted by atomic mass is 35.5. The minimum absolute atomic E-state index is 0.0376. The SMILES string of the molecule is CCCCCC(=O)Nc1cnc2cccc(Cl)c2c1O. The Morgan fingerprint density at radius 1 is 1.40 bits per heavy atom. The summed E-state index contributed by atoms with van der Waals surface area (Å²) in [6.07, 6.45) is 4.80. The Balaban J connectivity index is 2.21. The predicted octanol–water partition coefficient (Wildman–Crippen LogP) is 4.11. The molecule has 0 saturated heterocycles. The van der Waals surface area contributed by atoms with Gasteiger partial charge in [0.15, 0.2) is 5.75 Å². The summed E-state index contributed by atoms with van der Waals surface area (Å²) in [6, 6.07) is 5.20. The number of nitrogens with one attached hydrogen (secondary N) is 1. The number of hydrogen-bond acceptors (Lipinski definition) is 3. The lowest BCUT2D eigenvalue weighted by Gasteiger charge is -2.10. The summed E-state index contributed by atoms with van der Waals surface area (Å²) in [4.78, 5) is 16.0. The van der Waals surface area contributed by atoms with Crippen LogP contribution in [0.2, 0.25) is 5.02 Å². The van der Waals surface area contributed by atoms with E-state index < -0.39 is 0 Å². The zero-order chi connectivity index (χ0) is 14.5. The fraction of sp³-hybridized carbons (Fsp3) is 0.333. The summed E-state index contributed by atoms with van der Waals surface area (Å²) in [5.41, 5.74) is 0.895. The lowest BCUT2D eigenvalue weighted by atomic mass is 10.1. The Hall–Kier alpha value is -1.81. The zero-order valence-electron chi connectivity index (χ0n) is 11.3. The van der Waals surface area contributed by atoms with Crippen LogP contribution in [0.5, 0.6) is 5.75 Å². The molecule has 0 aliphatic carbocycles. The molecule has 2 aromatic rings. The van der Waals surface area contributed by atoms with Gasteiger partial charge in [0.25, 0.3) is 0 Å². The van der Waals surface area contributed by atoms with E-state index in [1.807, 2.05) is 0 Å². The Labute approximate surface area is 122 Å². The maximum absolute atomic E-state index is 11.8. The molecule has 5 heteroatoms. The average Bonchev–Trinajstić information content (AvgIpc) is 2.42. The standard InChI is InChI=1S/C15H17ClN2O2/c1-2-3-4-8-13(19)18-12-9-17-11-7-5-6-10(16)14(11)15(12)20/h5-7,9H,2-4,8H2,1H3,(H,17,20)(H,18,19). The van der Waals surface area contributed by atoms with E-state index in [-0.39, 0.29) is 11.7 Å². The Kier molecular flexibility index (Phi) is 4.79. The number of benzene rings is 1. The molecular weight excluding hydrogens is 276 g/mol. The van der Waals surface area contributed by atoms with Gasteiger partial charge >= 0.3 is 0 Å². The molecule has 2 N–H and O–H groups in total. The number of amides is 1. The second kappa shape index (κ2) is 6.57. The fourth-order valence-corrected chi connectivity index (χ4v) is 2.28. The first-order valence-corrected chi connectivity index (χ1v) is 7.07. The number of anilines is 1. The second-order valence-corrected chi connectivity index (χ2v) is 5.07. The van der Waals surface area contributed by atoms with E-state index in [0.717, 1.165) is 19.3 Å². The van der Waals surface area contributed by atoms with Crippen LogP contribution < -0.4 is 5.32 Å². The van der Waals surface area contributed by atoms with Crippen molar-refractivity contribution in [2.24, 2.45) is 0 Å². The largest absolute Gasteiger partial charge is 0.505 e. The van der Waals surface area contributed by atoms with Gasteiger partial charge in [0.1, 0.15) is 5.69 Å². The highest BCUT2D eigenvalue weighted by Crippen LogP contribution is 2.35. The predicted molar refractivity (Wildman–Crippen MR) is 81.2 cm³/mol. The van der Waals surface area contributed by atoms with Crippen LogP contribution in [0, 0.1) is 0 Å². The third kappa shape index (κ3) is 3.20. The molecule has 0 aliphatic rings. The zero-order valence-corrected chi connectivity index (χ0v) is 12.1. The molecule has 0 radical (unpaired) electrons. The third-order valence-electron chi connectivity index (χ3n) is 3.10. The molecule has 0 aliphatic heterocycles. The number of carbonyl (C=O) groups is 1. The van der Waals surface area contributed by atoms with Crippen molar-refractivity contribution in [3.05, 3.63) is 29.4 Å². The second-order valence-electron chi connectivity index (χ2n) is 4.66. The molecule has 0 spiro atoms. The molecule has 1 heterocycles. The van der Waals surface area contributed by atoms with E-state index in [1.54, 1.807) is 18.2 Å². The summed E-state index contributed by atoms with van der Waals surface area (Å²) in [6.45, 7) is 2.08. The number of hydrogen-bond donors (Lipinski definition) is 2. The average molecular weight is 293 g/mol. The van der Waals surface area contributed by atoms with Crippen molar-refractivity contribution in [2.45, 2.75) is 32.6 Å². The van der Waals surface area contributed by atoms with Gasteiger partial charge < -0.3 is 10.4 Å². The van der Waals surface area contributed by atoms with Gasteiger partial charge in [-0.2, -0.15) is 0 Å². The van der Waals surface area contributed by atoms with Crippen molar-refractivity contribution in [1.29, 1.82) is 0 Å². The maximum atomic E-state index is 11.8. The van der Waals surface area contributed by atoms with Crippen LogP contribution in [0.4, 0.5) is 5.69 Å². The van der Waals surface area contributed by atoms with Gasteiger partial charge in [-0.05, 0) is 18.6 Å². The van der Waals surface area contributed by atoms with Gasteiger partial charge in [-0.3, -0.25) is 9.78 Å². The highest BCUT2D eigenvalue weighted by Gasteiger charge is 2.12. The van der Waals surface area contributed by atoms with Crippen molar-refractivity contribution < 1.29 is 9.90 Å². The molecule has 0 unspecified atom stereocenters. The first-order chi connectivity index (χ1) is 9.63. The Bertz CT molecular complexity index is 629. The number of aromatic nitrogens is 1. The summed E-state index contributed by atoms with van der Waals surface area (Å²) in [5, 5.41) is 13.8. The molecule has 106 valence electrons. The fourth-order valence-electron chi connectivity index (χ4n) is 2.02. The molecule has 1 aromatic heterocycles. The van der Waals surface area contributed by atoms with E-state index in [9.17, 15) is 9.90 Å². The summed E-state index contributed by atoms with van der Waals surface area (Å²) in [7, 11) is 0. The van der Waals surface area contributed by atoms with Crippen molar-refractivity contribution in [1.82, 2.24) is 4.98 Å². The first-order valence-electron chi connectivity index (χ1n) is 6.69. The van der Waals surface area contributed by atoms with Crippen molar-refractivity contribution in [3.63, 3.8) is 0 Å². The molecule has 1 aromatic carbocycles. The van der Waals surface area contributed by atoms with Crippen molar-refractivity contribution in [3.8, 4) is 5.75 Å². The summed E-state index contributed by atoms with van der Waals surface area (Å²) >= 11 is 6.06. The lowest BCUT2D eigenvalue weighted by Crippen LogP contribution is -2.11. The van der Waals surface area contributed by atoms with Crippen LogP contribution in [0.3, 0.4) is 0 Å². The monoisotopic (exact) mass is 292 g/mol. The number of unbranched alkanes of at least 4 members (excludes halogenated alkanes) is 2. The van der Waals surface area contributed by atoms with E-state index >= 15 is 0 Å². The van der Waals surface area contributed by atoms with Gasteiger partial charge in [-0.1, -0.05) is 37.4 Å². The minimum Gasteiger partial charge on any atom is -0.505 e. The summed E-state index contributed by atoms with van der Waals surface area (Å²) in [5.74, 6) is -0.161. The smallest absolute Gasteiger partial charge is 0.224 e. The third-order valence-corrected chi connectivity index (χ3v) is 3.41. The van der Waals surface area contributed by atoms with Crippen LogP contribution in [0.15, 0.2) is 24.4 Å². The number of rotatable bonds is 5. The molecule has 4 nitrogen and oxygen atoms in total. The maximum Gasteiger partial charge on any atom is 0.224 e. The Morgan fingerprint density at radius 2 is 2.20 bits per heavy atom. The summed E-state index contributed by atoms with van der Waals surface area (Å²) < 4.78 is 0. The van der Waals surface area contributed by atoms with E-state index in [1.165, 1.54) is 6.20 Å². The minimum atomic E-state index is -0.123. The van der Waals surface area contributed by atoms with Gasteiger partial charge in [-0.25, -0.2) is 0 Å². The Morgan fingerprint density at radius 3 is 2.95 bits per heavy atom. The van der Waals surface area contributed by atoms with Gasteiger partial charge in [0.2, 0.25) is 5.91 Å². The van der Waals surface area contributed by atoms with Crippen LogP contribution in [0.25, 0.3) is 10.9 Å². The number of carbonyl (C=O) groups excluding carboxylic acids is 1. The van der Waals surface area contributed by atoms with Crippen LogP contribution in [0.1, 0.15) is 32.6 Å². The molecule has 0 bridgehead atoms. The number of aromatic hydroxyl groups is 1. The normalized spacial score (nSPS) is 10.7. The highest BCUT2D eigenvalue weighted by molar-refractivity contribution is 6.36. The molecule has 0 atom stereocenters. The molecule has 1 amide bonds. The molecule has 20 heavy (non-hydrogen) atoms.